The molecule has 4 nitrogen and oxygen atoms in total. The molecule has 0 aromatic carbocycles. The average Bonchev–Trinajstić information content (AvgIpc) is 2.78. The molecule has 1 fully saturated rings. The first-order valence-electron chi connectivity index (χ1n) is 5.60. The van der Waals surface area contributed by atoms with Crippen LogP contribution in [0.4, 0.5) is 5.82 Å². The fourth-order valence-electron chi connectivity index (χ4n) is 2.39. The van der Waals surface area contributed by atoms with Crippen molar-refractivity contribution in [2.75, 3.05) is 31.2 Å². The number of hydrogen-bond acceptors (Lipinski definition) is 4. The van der Waals surface area contributed by atoms with Crippen molar-refractivity contribution in [1.82, 2.24) is 9.97 Å². The summed E-state index contributed by atoms with van der Waals surface area (Å²) in [6.45, 7) is 3.56. The number of ether oxygens (including phenoxy) is 1. The molecule has 0 spiro atoms. The number of anilines is 1. The van der Waals surface area contributed by atoms with Gasteiger partial charge in [0.2, 0.25) is 0 Å². The first-order valence-corrected chi connectivity index (χ1v) is 5.60. The minimum atomic E-state index is 0.818. The number of morpholine rings is 1. The third-order valence-electron chi connectivity index (χ3n) is 3.16. The van der Waals surface area contributed by atoms with Gasteiger partial charge < -0.3 is 9.64 Å². The Balaban J connectivity index is 1.93. The molecule has 2 aliphatic rings. The Hall–Kier alpha value is -1.16. The minimum absolute atomic E-state index is 0.818. The van der Waals surface area contributed by atoms with Crippen molar-refractivity contribution in [2.45, 2.75) is 19.3 Å². The van der Waals surface area contributed by atoms with Gasteiger partial charge in [0.15, 0.2) is 0 Å². The van der Waals surface area contributed by atoms with Crippen LogP contribution in [0.3, 0.4) is 0 Å². The summed E-state index contributed by atoms with van der Waals surface area (Å²) in [7, 11) is 0. The molecule has 15 heavy (non-hydrogen) atoms. The monoisotopic (exact) mass is 205 g/mol. The zero-order valence-corrected chi connectivity index (χ0v) is 8.78. The highest BCUT2D eigenvalue weighted by Crippen LogP contribution is 2.27. The van der Waals surface area contributed by atoms with Crippen LogP contribution in [0, 0.1) is 0 Å². The molecular formula is C11H15N3O. The van der Waals surface area contributed by atoms with Gasteiger partial charge in [-0.15, -0.1) is 0 Å². The van der Waals surface area contributed by atoms with Crippen molar-refractivity contribution >= 4 is 5.82 Å². The molecule has 0 unspecified atom stereocenters. The molecule has 0 atom stereocenters. The topological polar surface area (TPSA) is 38.2 Å². The van der Waals surface area contributed by atoms with E-state index in [1.54, 1.807) is 6.33 Å². The van der Waals surface area contributed by atoms with Crippen molar-refractivity contribution in [3.63, 3.8) is 0 Å². The molecule has 80 valence electrons. The molecule has 1 aliphatic carbocycles. The van der Waals surface area contributed by atoms with Crippen LogP contribution in [0.2, 0.25) is 0 Å². The van der Waals surface area contributed by atoms with E-state index in [2.05, 4.69) is 14.9 Å². The molecule has 0 bridgehead atoms. The third-order valence-corrected chi connectivity index (χ3v) is 3.16. The summed E-state index contributed by atoms with van der Waals surface area (Å²) in [6, 6.07) is 0. The lowest BCUT2D eigenvalue weighted by molar-refractivity contribution is 0.122. The Morgan fingerprint density at radius 3 is 2.87 bits per heavy atom. The van der Waals surface area contributed by atoms with Gasteiger partial charge >= 0.3 is 0 Å². The molecule has 0 radical (unpaired) electrons. The second-order valence-electron chi connectivity index (χ2n) is 4.08. The van der Waals surface area contributed by atoms with Gasteiger partial charge in [0, 0.05) is 24.3 Å². The number of aromatic nitrogens is 2. The Morgan fingerprint density at radius 2 is 2.00 bits per heavy atom. The Labute approximate surface area is 89.3 Å². The number of aryl methyl sites for hydroxylation is 1. The molecule has 0 N–H and O–H groups in total. The van der Waals surface area contributed by atoms with Crippen LogP contribution in [-0.4, -0.2) is 36.3 Å². The molecular weight excluding hydrogens is 190 g/mol. The Bertz CT molecular complexity index is 361. The smallest absolute Gasteiger partial charge is 0.135 e. The van der Waals surface area contributed by atoms with E-state index in [0.717, 1.165) is 45.0 Å². The lowest BCUT2D eigenvalue weighted by Crippen LogP contribution is -2.37. The van der Waals surface area contributed by atoms with E-state index < -0.39 is 0 Å². The minimum Gasteiger partial charge on any atom is -0.378 e. The van der Waals surface area contributed by atoms with Crippen LogP contribution in [0.1, 0.15) is 17.7 Å². The van der Waals surface area contributed by atoms with Gasteiger partial charge in [0.05, 0.1) is 13.2 Å². The van der Waals surface area contributed by atoms with E-state index in [1.807, 2.05) is 0 Å². The molecule has 0 amide bonds. The van der Waals surface area contributed by atoms with Crippen molar-refractivity contribution in [3.8, 4) is 0 Å². The second kappa shape index (κ2) is 3.77. The zero-order valence-electron chi connectivity index (χ0n) is 8.78. The summed E-state index contributed by atoms with van der Waals surface area (Å²) in [5.74, 6) is 1.15. The van der Waals surface area contributed by atoms with Crippen LogP contribution in [-0.2, 0) is 17.6 Å². The summed E-state index contributed by atoms with van der Waals surface area (Å²) >= 11 is 0. The van der Waals surface area contributed by atoms with Gasteiger partial charge in [-0.05, 0) is 19.3 Å². The predicted octanol–water partition coefficient (Wildman–Crippen LogP) is 0.802. The largest absolute Gasteiger partial charge is 0.378 e. The van der Waals surface area contributed by atoms with Gasteiger partial charge in [0.25, 0.3) is 0 Å². The highest BCUT2D eigenvalue weighted by Gasteiger charge is 2.21. The highest BCUT2D eigenvalue weighted by molar-refractivity contribution is 5.50. The van der Waals surface area contributed by atoms with Gasteiger partial charge in [0.1, 0.15) is 12.1 Å². The first-order chi connectivity index (χ1) is 7.45. The van der Waals surface area contributed by atoms with E-state index in [9.17, 15) is 0 Å². The molecule has 2 heterocycles. The number of nitrogens with zero attached hydrogens (tertiary/aromatic N) is 3. The highest BCUT2D eigenvalue weighted by atomic mass is 16.5. The van der Waals surface area contributed by atoms with Crippen molar-refractivity contribution in [3.05, 3.63) is 17.6 Å². The van der Waals surface area contributed by atoms with Crippen LogP contribution >= 0.6 is 0 Å². The molecule has 3 rings (SSSR count). The standard InChI is InChI=1S/C11H15N3O/c1-2-9-10(3-1)12-8-13-11(9)14-4-6-15-7-5-14/h8H,1-7H2. The SMILES string of the molecule is c1nc2c(c(N3CCOCC3)n1)CCC2. The lowest BCUT2D eigenvalue weighted by atomic mass is 10.2. The maximum absolute atomic E-state index is 5.36. The molecule has 1 saturated heterocycles. The van der Waals surface area contributed by atoms with Gasteiger partial charge in [-0.3, -0.25) is 0 Å². The van der Waals surface area contributed by atoms with Crippen molar-refractivity contribution in [1.29, 1.82) is 0 Å². The average molecular weight is 205 g/mol. The fourth-order valence-corrected chi connectivity index (χ4v) is 2.39. The van der Waals surface area contributed by atoms with Gasteiger partial charge in [-0.25, -0.2) is 9.97 Å². The maximum atomic E-state index is 5.36. The zero-order chi connectivity index (χ0) is 10.1. The fraction of sp³-hybridized carbons (Fsp3) is 0.636. The summed E-state index contributed by atoms with van der Waals surface area (Å²) < 4.78 is 5.36. The van der Waals surface area contributed by atoms with Gasteiger partial charge in [-0.2, -0.15) is 0 Å². The maximum Gasteiger partial charge on any atom is 0.135 e. The van der Waals surface area contributed by atoms with Crippen LogP contribution in [0.5, 0.6) is 0 Å². The lowest BCUT2D eigenvalue weighted by Gasteiger charge is -2.29. The first kappa shape index (κ1) is 9.09. The number of fused-ring (bicyclic) bond motifs is 1. The Kier molecular flexibility index (Phi) is 2.29. The summed E-state index contributed by atoms with van der Waals surface area (Å²) in [6.07, 6.45) is 5.19. The summed E-state index contributed by atoms with van der Waals surface area (Å²) in [5.41, 5.74) is 2.63. The van der Waals surface area contributed by atoms with Crippen LogP contribution in [0.15, 0.2) is 6.33 Å². The van der Waals surface area contributed by atoms with Gasteiger partial charge in [-0.1, -0.05) is 0 Å². The van der Waals surface area contributed by atoms with E-state index >= 15 is 0 Å². The Morgan fingerprint density at radius 1 is 1.13 bits per heavy atom. The van der Waals surface area contributed by atoms with Crippen molar-refractivity contribution in [2.24, 2.45) is 0 Å². The molecule has 4 heteroatoms. The summed E-state index contributed by atoms with van der Waals surface area (Å²) in [5, 5.41) is 0. The molecule has 1 aromatic heterocycles. The predicted molar refractivity (Wildman–Crippen MR) is 57.1 cm³/mol. The quantitative estimate of drug-likeness (QED) is 0.680. The number of hydrogen-bond donors (Lipinski definition) is 0. The normalized spacial score (nSPS) is 20.4. The third kappa shape index (κ3) is 1.59. The molecule has 1 aromatic rings. The van der Waals surface area contributed by atoms with Crippen LogP contribution < -0.4 is 4.90 Å². The second-order valence-corrected chi connectivity index (χ2v) is 4.08. The van der Waals surface area contributed by atoms with E-state index in [0.29, 0.717) is 0 Å². The molecule has 0 saturated carbocycles. The van der Waals surface area contributed by atoms with E-state index in [4.69, 9.17) is 4.74 Å². The molecule has 1 aliphatic heterocycles. The van der Waals surface area contributed by atoms with E-state index in [-0.39, 0.29) is 0 Å². The number of rotatable bonds is 1. The van der Waals surface area contributed by atoms with Crippen molar-refractivity contribution < 1.29 is 4.74 Å². The van der Waals surface area contributed by atoms with E-state index in [1.165, 1.54) is 17.7 Å². The summed E-state index contributed by atoms with van der Waals surface area (Å²) in [4.78, 5) is 11.1. The van der Waals surface area contributed by atoms with Crippen LogP contribution in [0.25, 0.3) is 0 Å².